The molecule has 0 radical (unpaired) electrons. The average molecular weight is 391 g/mol. The number of amides is 1. The summed E-state index contributed by atoms with van der Waals surface area (Å²) in [6.45, 7) is 4.19. The van der Waals surface area contributed by atoms with Crippen molar-refractivity contribution in [3.63, 3.8) is 0 Å². The van der Waals surface area contributed by atoms with Crippen LogP contribution >= 0.6 is 0 Å². The summed E-state index contributed by atoms with van der Waals surface area (Å²) < 4.78 is 13.0. The van der Waals surface area contributed by atoms with Crippen molar-refractivity contribution in [3.8, 4) is 5.75 Å². The molecule has 0 saturated carbocycles. The predicted octanol–water partition coefficient (Wildman–Crippen LogP) is 3.42. The van der Waals surface area contributed by atoms with Crippen molar-refractivity contribution in [1.29, 1.82) is 0 Å². The largest absolute Gasteiger partial charge is 0.490 e. The van der Waals surface area contributed by atoms with Crippen LogP contribution in [0.5, 0.6) is 5.75 Å². The molecular weight excluding hydrogens is 370 g/mol. The number of rotatable bonds is 6. The van der Waals surface area contributed by atoms with E-state index in [9.17, 15) is 9.59 Å². The van der Waals surface area contributed by atoms with Crippen molar-refractivity contribution in [3.05, 3.63) is 70.8 Å². The molecule has 0 saturated heterocycles. The number of furan rings is 1. The van der Waals surface area contributed by atoms with Crippen LogP contribution in [0.15, 0.2) is 63.9 Å². The molecule has 0 spiro atoms. The lowest BCUT2D eigenvalue weighted by molar-refractivity contribution is -0.122. The third kappa shape index (κ3) is 3.71. The lowest BCUT2D eigenvalue weighted by Crippen LogP contribution is -2.33. The van der Waals surface area contributed by atoms with Gasteiger partial charge in [-0.15, -0.1) is 0 Å². The van der Waals surface area contributed by atoms with Gasteiger partial charge in [0, 0.05) is 5.39 Å². The average Bonchev–Trinajstić information content (AvgIpc) is 3.16. The van der Waals surface area contributed by atoms with Gasteiger partial charge in [-0.25, -0.2) is 4.98 Å². The number of ether oxygens (including phenoxy) is 1. The smallest absolute Gasteiger partial charge is 0.269 e. The molecule has 4 aromatic rings. The Morgan fingerprint density at radius 2 is 2.07 bits per heavy atom. The van der Waals surface area contributed by atoms with Crippen molar-refractivity contribution in [1.82, 2.24) is 14.9 Å². The highest BCUT2D eigenvalue weighted by molar-refractivity contribution is 5.84. The highest BCUT2D eigenvalue weighted by Crippen LogP contribution is 2.31. The van der Waals surface area contributed by atoms with Crippen LogP contribution in [0.4, 0.5) is 0 Å². The number of hydrogen-bond acceptors (Lipinski definition) is 5. The summed E-state index contributed by atoms with van der Waals surface area (Å²) in [7, 11) is 0. The van der Waals surface area contributed by atoms with E-state index in [0.29, 0.717) is 34.7 Å². The van der Waals surface area contributed by atoms with Crippen LogP contribution in [-0.4, -0.2) is 22.1 Å². The lowest BCUT2D eigenvalue weighted by atomic mass is 10.2. The van der Waals surface area contributed by atoms with Crippen molar-refractivity contribution in [2.45, 2.75) is 26.4 Å². The number of benzene rings is 2. The first-order valence-corrected chi connectivity index (χ1v) is 9.46. The van der Waals surface area contributed by atoms with Crippen LogP contribution in [0.3, 0.4) is 0 Å². The fourth-order valence-electron chi connectivity index (χ4n) is 3.32. The maximum absolute atomic E-state index is 12.6. The van der Waals surface area contributed by atoms with Gasteiger partial charge in [0.15, 0.2) is 11.3 Å². The Morgan fingerprint density at radius 3 is 2.90 bits per heavy atom. The zero-order valence-corrected chi connectivity index (χ0v) is 16.2. The van der Waals surface area contributed by atoms with E-state index in [4.69, 9.17) is 9.15 Å². The van der Waals surface area contributed by atoms with Gasteiger partial charge in [0.05, 0.1) is 29.9 Å². The third-order valence-corrected chi connectivity index (χ3v) is 4.69. The van der Waals surface area contributed by atoms with Gasteiger partial charge >= 0.3 is 0 Å². The van der Waals surface area contributed by atoms with E-state index >= 15 is 0 Å². The summed E-state index contributed by atoms with van der Waals surface area (Å²) in [6, 6.07) is 14.4. The Labute approximate surface area is 166 Å². The molecule has 29 heavy (non-hydrogen) atoms. The number of nitrogens with one attached hydrogen (secondary N) is 1. The second-order valence-corrected chi connectivity index (χ2v) is 6.72. The summed E-state index contributed by atoms with van der Waals surface area (Å²) in [5, 5.41) is 3.80. The van der Waals surface area contributed by atoms with Crippen molar-refractivity contribution in [2.75, 3.05) is 6.61 Å². The maximum atomic E-state index is 12.6. The van der Waals surface area contributed by atoms with Gasteiger partial charge in [0.25, 0.3) is 5.56 Å². The Bertz CT molecular complexity index is 1240. The highest BCUT2D eigenvalue weighted by atomic mass is 16.5. The molecule has 0 aliphatic rings. The minimum Gasteiger partial charge on any atom is -0.490 e. The van der Waals surface area contributed by atoms with Gasteiger partial charge in [0.2, 0.25) is 5.91 Å². The van der Waals surface area contributed by atoms with Crippen LogP contribution in [0.2, 0.25) is 0 Å². The molecule has 1 atom stereocenters. The molecule has 0 fully saturated rings. The van der Waals surface area contributed by atoms with Crippen LogP contribution in [0, 0.1) is 0 Å². The SMILES string of the molecule is CCOc1cccc2cc(C(C)NC(=O)Cn3c(=O)cnc4ccccc43)oc12. The summed E-state index contributed by atoms with van der Waals surface area (Å²) in [6.07, 6.45) is 1.23. The number of carbonyl (C=O) groups excluding carboxylic acids is 1. The van der Waals surface area contributed by atoms with Gasteiger partial charge in [-0.2, -0.15) is 0 Å². The highest BCUT2D eigenvalue weighted by Gasteiger charge is 2.17. The van der Waals surface area contributed by atoms with E-state index in [1.54, 1.807) is 12.1 Å². The molecule has 1 unspecified atom stereocenters. The molecule has 2 aromatic heterocycles. The Morgan fingerprint density at radius 1 is 1.24 bits per heavy atom. The summed E-state index contributed by atoms with van der Waals surface area (Å²) in [5.74, 6) is 0.999. The molecule has 0 bridgehead atoms. The summed E-state index contributed by atoms with van der Waals surface area (Å²) in [5.41, 5.74) is 1.61. The molecule has 0 aliphatic carbocycles. The summed E-state index contributed by atoms with van der Waals surface area (Å²) >= 11 is 0. The van der Waals surface area contributed by atoms with Crippen molar-refractivity contribution in [2.24, 2.45) is 0 Å². The molecular formula is C22H21N3O4. The molecule has 7 heteroatoms. The number of para-hydroxylation sites is 3. The molecule has 1 amide bonds. The normalized spacial score (nSPS) is 12.2. The van der Waals surface area contributed by atoms with Crippen LogP contribution in [0.1, 0.15) is 25.6 Å². The van der Waals surface area contributed by atoms with E-state index in [-0.39, 0.29) is 24.1 Å². The first kappa shape index (κ1) is 18.7. The van der Waals surface area contributed by atoms with Crippen LogP contribution < -0.4 is 15.6 Å². The Kier molecular flexibility index (Phi) is 5.03. The molecule has 2 heterocycles. The zero-order valence-electron chi connectivity index (χ0n) is 16.2. The topological polar surface area (TPSA) is 86.4 Å². The first-order chi connectivity index (χ1) is 14.1. The van der Waals surface area contributed by atoms with E-state index in [1.807, 2.05) is 50.2 Å². The van der Waals surface area contributed by atoms with Crippen LogP contribution in [-0.2, 0) is 11.3 Å². The minimum atomic E-state index is -0.367. The second-order valence-electron chi connectivity index (χ2n) is 6.72. The first-order valence-electron chi connectivity index (χ1n) is 9.46. The molecule has 4 rings (SSSR count). The number of hydrogen-bond donors (Lipinski definition) is 1. The minimum absolute atomic E-state index is 0.101. The van der Waals surface area contributed by atoms with Crippen molar-refractivity contribution >= 4 is 27.9 Å². The fourth-order valence-corrected chi connectivity index (χ4v) is 3.32. The van der Waals surface area contributed by atoms with E-state index in [0.717, 1.165) is 5.39 Å². The second kappa shape index (κ2) is 7.79. The number of fused-ring (bicyclic) bond motifs is 2. The molecule has 2 aromatic carbocycles. The van der Waals surface area contributed by atoms with Gasteiger partial charge in [0.1, 0.15) is 12.3 Å². The number of carbonyl (C=O) groups is 1. The van der Waals surface area contributed by atoms with E-state index in [2.05, 4.69) is 10.3 Å². The molecule has 7 nitrogen and oxygen atoms in total. The van der Waals surface area contributed by atoms with E-state index < -0.39 is 0 Å². The van der Waals surface area contributed by atoms with Gasteiger partial charge in [-0.1, -0.05) is 24.3 Å². The van der Waals surface area contributed by atoms with Gasteiger partial charge in [-0.05, 0) is 38.1 Å². The summed E-state index contributed by atoms with van der Waals surface area (Å²) in [4.78, 5) is 29.0. The number of nitrogens with zero attached hydrogens (tertiary/aromatic N) is 2. The Hall–Kier alpha value is -3.61. The fraction of sp³-hybridized carbons (Fsp3) is 0.227. The molecule has 0 aliphatic heterocycles. The maximum Gasteiger partial charge on any atom is 0.269 e. The van der Waals surface area contributed by atoms with Crippen molar-refractivity contribution < 1.29 is 13.9 Å². The van der Waals surface area contributed by atoms with E-state index in [1.165, 1.54) is 10.8 Å². The van der Waals surface area contributed by atoms with Crippen LogP contribution in [0.25, 0.3) is 22.0 Å². The predicted molar refractivity (Wildman–Crippen MR) is 110 cm³/mol. The molecule has 148 valence electrons. The standard InChI is InChI=1S/C22H21N3O4/c1-3-28-18-10-6-7-15-11-19(29-22(15)18)14(2)24-20(26)13-25-17-9-5-4-8-16(17)23-12-21(25)27/h4-12,14H,3,13H2,1-2H3,(H,24,26). The quantitative estimate of drug-likeness (QED) is 0.544. The third-order valence-electron chi connectivity index (χ3n) is 4.69. The monoisotopic (exact) mass is 391 g/mol. The zero-order chi connectivity index (χ0) is 20.4. The van der Waals surface area contributed by atoms with Gasteiger partial charge < -0.3 is 14.5 Å². The molecule has 1 N–H and O–H groups in total. The Balaban J connectivity index is 1.55. The lowest BCUT2D eigenvalue weighted by Gasteiger charge is -2.13. The number of aromatic nitrogens is 2. The van der Waals surface area contributed by atoms with Gasteiger partial charge in [-0.3, -0.25) is 14.2 Å².